The molecule has 0 radical (unpaired) electrons. The van der Waals surface area contributed by atoms with Gasteiger partial charge in [-0.2, -0.15) is 13.2 Å². The number of hydrogen-bond donors (Lipinski definition) is 0. The molecule has 0 bridgehead atoms. The Labute approximate surface area is 114 Å². The molecular formula is C13H14F3NO3. The molecule has 0 aliphatic rings. The van der Waals surface area contributed by atoms with Gasteiger partial charge in [0.15, 0.2) is 0 Å². The van der Waals surface area contributed by atoms with Crippen molar-refractivity contribution in [2.24, 2.45) is 0 Å². The van der Waals surface area contributed by atoms with E-state index in [4.69, 9.17) is 4.74 Å². The van der Waals surface area contributed by atoms with Gasteiger partial charge in [-0.05, 0) is 32.9 Å². The molecule has 0 saturated carbocycles. The molecule has 1 aromatic rings. The predicted octanol–water partition coefficient (Wildman–Crippen LogP) is 3.60. The van der Waals surface area contributed by atoms with Gasteiger partial charge >= 0.3 is 12.3 Å². The molecule has 1 rings (SSSR count). The van der Waals surface area contributed by atoms with E-state index in [9.17, 15) is 22.8 Å². The summed E-state index contributed by atoms with van der Waals surface area (Å²) in [7, 11) is 0. The summed E-state index contributed by atoms with van der Waals surface area (Å²) in [6.45, 7) is 4.64. The number of carbonyl (C=O) groups is 2. The third kappa shape index (κ3) is 3.97. The van der Waals surface area contributed by atoms with Crippen molar-refractivity contribution in [3.8, 4) is 0 Å². The molecule has 0 N–H and O–H groups in total. The molecule has 20 heavy (non-hydrogen) atoms. The Balaban J connectivity index is 3.20. The third-order valence-electron chi connectivity index (χ3n) is 2.16. The maximum absolute atomic E-state index is 12.9. The average Bonchev–Trinajstić information content (AvgIpc) is 2.26. The van der Waals surface area contributed by atoms with Crippen molar-refractivity contribution in [1.29, 1.82) is 0 Å². The molecule has 0 aliphatic heterocycles. The van der Waals surface area contributed by atoms with Crippen molar-refractivity contribution in [3.63, 3.8) is 0 Å². The Kier molecular flexibility index (Phi) is 4.42. The number of ether oxygens (including phenoxy) is 1. The van der Waals surface area contributed by atoms with E-state index in [0.717, 1.165) is 12.1 Å². The molecule has 0 aliphatic carbocycles. The van der Waals surface area contributed by atoms with Crippen molar-refractivity contribution in [2.75, 3.05) is 4.90 Å². The minimum atomic E-state index is -4.68. The van der Waals surface area contributed by atoms with Gasteiger partial charge in [0, 0.05) is 0 Å². The predicted molar refractivity (Wildman–Crippen MR) is 66.2 cm³/mol. The summed E-state index contributed by atoms with van der Waals surface area (Å²) in [5.74, 6) is 0. The van der Waals surface area contributed by atoms with Crippen LogP contribution >= 0.6 is 0 Å². The molecule has 0 heterocycles. The molecule has 7 heteroatoms. The highest BCUT2D eigenvalue weighted by atomic mass is 19.4. The third-order valence-corrected chi connectivity index (χ3v) is 2.16. The van der Waals surface area contributed by atoms with Crippen LogP contribution in [0.4, 0.5) is 23.7 Å². The number of hydrogen-bond acceptors (Lipinski definition) is 3. The van der Waals surface area contributed by atoms with E-state index in [-0.39, 0.29) is 6.41 Å². The van der Waals surface area contributed by atoms with Crippen LogP contribution in [0.25, 0.3) is 0 Å². The monoisotopic (exact) mass is 289 g/mol. The van der Waals surface area contributed by atoms with Crippen LogP contribution in [0.2, 0.25) is 0 Å². The largest absolute Gasteiger partial charge is 0.443 e. The smallest absolute Gasteiger partial charge is 0.421 e. The zero-order valence-corrected chi connectivity index (χ0v) is 11.2. The maximum Gasteiger partial charge on any atom is 0.421 e. The van der Waals surface area contributed by atoms with E-state index in [1.54, 1.807) is 20.8 Å². The number of nitrogens with zero attached hydrogens (tertiary/aromatic N) is 1. The minimum absolute atomic E-state index is 0.00134. The summed E-state index contributed by atoms with van der Waals surface area (Å²) in [5.41, 5.74) is -2.58. The molecular weight excluding hydrogens is 275 g/mol. The Morgan fingerprint density at radius 1 is 1.20 bits per heavy atom. The number of rotatable bonds is 2. The lowest BCUT2D eigenvalue weighted by atomic mass is 10.1. The molecule has 1 aromatic carbocycles. The van der Waals surface area contributed by atoms with Crippen LogP contribution in [0.15, 0.2) is 24.3 Å². The molecule has 0 aromatic heterocycles. The maximum atomic E-state index is 12.9. The van der Waals surface area contributed by atoms with E-state index in [1.807, 2.05) is 0 Å². The van der Waals surface area contributed by atoms with Gasteiger partial charge in [0.25, 0.3) is 0 Å². The summed E-state index contributed by atoms with van der Waals surface area (Å²) in [4.78, 5) is 23.0. The lowest BCUT2D eigenvalue weighted by Gasteiger charge is -2.25. The molecule has 4 nitrogen and oxygen atoms in total. The molecule has 0 atom stereocenters. The van der Waals surface area contributed by atoms with Gasteiger partial charge in [-0.15, -0.1) is 0 Å². The molecule has 0 saturated heterocycles. The van der Waals surface area contributed by atoms with Crippen molar-refractivity contribution >= 4 is 18.2 Å². The van der Waals surface area contributed by atoms with E-state index < -0.39 is 29.1 Å². The van der Waals surface area contributed by atoms with E-state index >= 15 is 0 Å². The second-order valence-electron chi connectivity index (χ2n) is 4.97. The first-order valence-electron chi connectivity index (χ1n) is 5.70. The summed E-state index contributed by atoms with van der Waals surface area (Å²) < 4.78 is 43.5. The Hall–Kier alpha value is -2.05. The SMILES string of the molecule is CC(C)(C)OC(=O)N(C=O)c1ccccc1C(F)(F)F. The standard InChI is InChI=1S/C13H14F3NO3/c1-12(2,3)20-11(19)17(8-18)10-7-5-4-6-9(10)13(14,15)16/h4-8H,1-3H3. The summed E-state index contributed by atoms with van der Waals surface area (Å²) >= 11 is 0. The average molecular weight is 289 g/mol. The van der Waals surface area contributed by atoms with Crippen LogP contribution in [0.1, 0.15) is 26.3 Å². The Morgan fingerprint density at radius 3 is 2.20 bits per heavy atom. The second kappa shape index (κ2) is 5.52. The van der Waals surface area contributed by atoms with Crippen LogP contribution in [0, 0.1) is 0 Å². The van der Waals surface area contributed by atoms with Gasteiger partial charge in [-0.25, -0.2) is 9.69 Å². The number of amides is 2. The number of alkyl halides is 3. The zero-order chi connectivity index (χ0) is 15.6. The highest BCUT2D eigenvalue weighted by molar-refractivity contribution is 6.04. The molecule has 2 amide bonds. The van der Waals surface area contributed by atoms with Crippen LogP contribution in [-0.2, 0) is 15.7 Å². The van der Waals surface area contributed by atoms with Gasteiger partial charge in [0.2, 0.25) is 6.41 Å². The number of para-hydroxylation sites is 1. The van der Waals surface area contributed by atoms with E-state index in [0.29, 0.717) is 4.90 Å². The lowest BCUT2D eigenvalue weighted by Crippen LogP contribution is -2.37. The molecule has 110 valence electrons. The fourth-order valence-electron chi connectivity index (χ4n) is 1.43. The fourth-order valence-corrected chi connectivity index (χ4v) is 1.43. The van der Waals surface area contributed by atoms with Gasteiger partial charge < -0.3 is 4.74 Å². The first kappa shape index (κ1) is 16.0. The van der Waals surface area contributed by atoms with Gasteiger partial charge in [0.05, 0.1) is 11.3 Å². The number of benzene rings is 1. The van der Waals surface area contributed by atoms with Gasteiger partial charge in [-0.3, -0.25) is 4.79 Å². The number of carbonyl (C=O) groups excluding carboxylic acids is 2. The van der Waals surface area contributed by atoms with E-state index in [2.05, 4.69) is 0 Å². The first-order chi connectivity index (χ1) is 9.06. The fraction of sp³-hybridized carbons (Fsp3) is 0.385. The van der Waals surface area contributed by atoms with Crippen LogP contribution in [-0.4, -0.2) is 18.1 Å². The van der Waals surface area contributed by atoms with Crippen molar-refractivity contribution in [2.45, 2.75) is 32.5 Å². The molecule has 0 fully saturated rings. The normalized spacial score (nSPS) is 11.9. The lowest BCUT2D eigenvalue weighted by molar-refractivity contribution is -0.137. The molecule has 0 unspecified atom stereocenters. The van der Waals surface area contributed by atoms with Crippen molar-refractivity contribution in [3.05, 3.63) is 29.8 Å². The second-order valence-corrected chi connectivity index (χ2v) is 4.97. The summed E-state index contributed by atoms with van der Waals surface area (Å²) in [5, 5.41) is 0. The first-order valence-corrected chi connectivity index (χ1v) is 5.70. The Morgan fingerprint density at radius 2 is 1.75 bits per heavy atom. The van der Waals surface area contributed by atoms with Crippen molar-refractivity contribution in [1.82, 2.24) is 0 Å². The van der Waals surface area contributed by atoms with Gasteiger partial charge in [0.1, 0.15) is 5.60 Å². The summed E-state index contributed by atoms with van der Waals surface area (Å²) in [6, 6.07) is 4.28. The number of imide groups is 1. The highest BCUT2D eigenvalue weighted by Crippen LogP contribution is 2.36. The highest BCUT2D eigenvalue weighted by Gasteiger charge is 2.36. The Bertz CT molecular complexity index is 506. The van der Waals surface area contributed by atoms with Gasteiger partial charge in [-0.1, -0.05) is 12.1 Å². The topological polar surface area (TPSA) is 46.6 Å². The molecule has 0 spiro atoms. The number of halogens is 3. The van der Waals surface area contributed by atoms with Crippen LogP contribution in [0.3, 0.4) is 0 Å². The van der Waals surface area contributed by atoms with Crippen LogP contribution in [0.5, 0.6) is 0 Å². The zero-order valence-electron chi connectivity index (χ0n) is 11.2. The van der Waals surface area contributed by atoms with E-state index in [1.165, 1.54) is 12.1 Å². The van der Waals surface area contributed by atoms with Crippen LogP contribution < -0.4 is 4.90 Å². The quantitative estimate of drug-likeness (QED) is 0.781. The number of anilines is 1. The minimum Gasteiger partial charge on any atom is -0.443 e. The van der Waals surface area contributed by atoms with Crippen molar-refractivity contribution < 1.29 is 27.5 Å². The summed E-state index contributed by atoms with van der Waals surface area (Å²) in [6.07, 6.45) is -5.84.